The van der Waals surface area contributed by atoms with Gasteiger partial charge in [-0.05, 0) is 50.7 Å². The van der Waals surface area contributed by atoms with Crippen LogP contribution in [0.25, 0.3) is 11.2 Å². The van der Waals surface area contributed by atoms with Crippen LogP contribution < -0.4 is 16.4 Å². The molecule has 4 N–H and O–H groups in total. The first kappa shape index (κ1) is 26.0. The number of imidazole rings is 1. The number of para-hydroxylation sites is 1. The minimum absolute atomic E-state index is 0.0440. The van der Waals surface area contributed by atoms with Gasteiger partial charge in [0.1, 0.15) is 11.3 Å². The van der Waals surface area contributed by atoms with Crippen LogP contribution in [0.5, 0.6) is 0 Å². The van der Waals surface area contributed by atoms with Gasteiger partial charge in [-0.25, -0.2) is 19.2 Å². The monoisotopic (exact) mass is 544 g/mol. The fraction of sp³-hybridized carbons (Fsp3) is 0.480. The summed E-state index contributed by atoms with van der Waals surface area (Å²) in [5, 5.41) is 6.62. The predicted molar refractivity (Wildman–Crippen MR) is 141 cm³/mol. The summed E-state index contributed by atoms with van der Waals surface area (Å²) in [5.74, 6) is -0.186. The number of methoxy groups -OCH3 is 1. The smallest absolute Gasteiger partial charge is 0.409 e. The van der Waals surface area contributed by atoms with Crippen LogP contribution in [0.3, 0.4) is 0 Å². The standard InChI is InChI=1S/C25H30ClFN8O3/c1-38-25(37)34-11-3-4-15(13-34)30-23-29-12-19-22(33-23)35(16-9-7-14(8-10-16)21(28)36)24(31-19)32-20-17(26)5-2-6-18(20)27/h2,5-6,12,14-16H,3-4,7-11,13H2,1H3,(H2,28,36)(H,31,32)(H,29,30,33). The van der Waals surface area contributed by atoms with Crippen LogP contribution in [0.4, 0.5) is 26.8 Å². The Bertz CT molecular complexity index is 1320. The molecule has 3 aromatic rings. The minimum atomic E-state index is -0.505. The summed E-state index contributed by atoms with van der Waals surface area (Å²) in [6.45, 7) is 1.11. The topological polar surface area (TPSA) is 140 Å². The Morgan fingerprint density at radius 3 is 2.68 bits per heavy atom. The number of rotatable bonds is 6. The van der Waals surface area contributed by atoms with E-state index in [2.05, 4.69) is 20.6 Å². The number of likely N-dealkylation sites (tertiary alicyclic amines) is 1. The highest BCUT2D eigenvalue weighted by Gasteiger charge is 2.30. The summed E-state index contributed by atoms with van der Waals surface area (Å²) < 4.78 is 21.4. The van der Waals surface area contributed by atoms with Gasteiger partial charge in [0.15, 0.2) is 5.65 Å². The van der Waals surface area contributed by atoms with Crippen molar-refractivity contribution < 1.29 is 18.7 Å². The summed E-state index contributed by atoms with van der Waals surface area (Å²) in [7, 11) is 1.37. The van der Waals surface area contributed by atoms with E-state index in [1.165, 1.54) is 19.2 Å². The van der Waals surface area contributed by atoms with Gasteiger partial charge in [-0.15, -0.1) is 0 Å². The first-order valence-corrected chi connectivity index (χ1v) is 13.1. The van der Waals surface area contributed by atoms with Crippen LogP contribution >= 0.6 is 11.6 Å². The van der Waals surface area contributed by atoms with Gasteiger partial charge in [-0.1, -0.05) is 17.7 Å². The van der Waals surface area contributed by atoms with Crippen molar-refractivity contribution in [3.8, 4) is 0 Å². The van der Waals surface area contributed by atoms with Gasteiger partial charge in [0.05, 0.1) is 24.0 Å². The number of halogens is 2. The zero-order valence-corrected chi connectivity index (χ0v) is 21.7. The molecule has 1 saturated carbocycles. The summed E-state index contributed by atoms with van der Waals surface area (Å²) >= 11 is 6.28. The fourth-order valence-electron chi connectivity index (χ4n) is 5.31. The highest BCUT2D eigenvalue weighted by Crippen LogP contribution is 2.38. The molecule has 1 aliphatic carbocycles. The number of ether oxygens (including phenoxy) is 1. The van der Waals surface area contributed by atoms with E-state index in [9.17, 15) is 14.0 Å². The van der Waals surface area contributed by atoms with Gasteiger partial charge in [0.25, 0.3) is 0 Å². The Labute approximate surface area is 223 Å². The molecule has 0 bridgehead atoms. The molecule has 2 aliphatic rings. The van der Waals surface area contributed by atoms with Crippen molar-refractivity contribution in [1.29, 1.82) is 0 Å². The lowest BCUT2D eigenvalue weighted by atomic mass is 9.85. The van der Waals surface area contributed by atoms with Gasteiger partial charge < -0.3 is 26.0 Å². The number of hydrogen-bond donors (Lipinski definition) is 3. The molecule has 2 amide bonds. The second-order valence-electron chi connectivity index (χ2n) is 9.74. The van der Waals surface area contributed by atoms with E-state index in [1.54, 1.807) is 17.2 Å². The zero-order chi connectivity index (χ0) is 26.8. The van der Waals surface area contributed by atoms with Crippen molar-refractivity contribution in [2.75, 3.05) is 30.8 Å². The van der Waals surface area contributed by atoms with Crippen LogP contribution in [0.2, 0.25) is 5.02 Å². The van der Waals surface area contributed by atoms with E-state index < -0.39 is 5.82 Å². The van der Waals surface area contributed by atoms with Crippen molar-refractivity contribution in [3.05, 3.63) is 35.2 Å². The molecule has 5 rings (SSSR count). The Morgan fingerprint density at radius 2 is 1.97 bits per heavy atom. The second kappa shape index (κ2) is 11.0. The van der Waals surface area contributed by atoms with Crippen molar-refractivity contribution >= 4 is 52.3 Å². The number of benzene rings is 1. The Balaban J connectivity index is 1.47. The molecule has 13 heteroatoms. The van der Waals surface area contributed by atoms with E-state index >= 15 is 0 Å². The molecule has 38 heavy (non-hydrogen) atoms. The SMILES string of the molecule is COC(=O)N1CCCC(Nc2ncc3nc(Nc4c(F)cccc4Cl)n(C4CCC(C(N)=O)CC4)c3n2)C1. The van der Waals surface area contributed by atoms with Crippen LogP contribution in [0, 0.1) is 11.7 Å². The molecule has 2 aromatic heterocycles. The highest BCUT2D eigenvalue weighted by molar-refractivity contribution is 6.33. The molecule has 1 saturated heterocycles. The molecule has 0 spiro atoms. The van der Waals surface area contributed by atoms with Crippen LogP contribution in [0.1, 0.15) is 44.6 Å². The number of nitrogens with two attached hydrogens (primary N) is 1. The van der Waals surface area contributed by atoms with Crippen molar-refractivity contribution in [2.45, 2.75) is 50.6 Å². The van der Waals surface area contributed by atoms with E-state index in [-0.39, 0.29) is 40.7 Å². The third-order valence-corrected chi connectivity index (χ3v) is 7.60. The van der Waals surface area contributed by atoms with E-state index in [0.717, 1.165) is 12.8 Å². The van der Waals surface area contributed by atoms with Gasteiger partial charge in [-0.2, -0.15) is 4.98 Å². The summed E-state index contributed by atoms with van der Waals surface area (Å²) in [5.41, 5.74) is 6.76. The number of hydrogen-bond acceptors (Lipinski definition) is 8. The Hall–Kier alpha value is -3.67. The number of amides is 2. The summed E-state index contributed by atoms with van der Waals surface area (Å²) in [6, 6.07) is 4.37. The molecular formula is C25H30ClFN8O3. The lowest BCUT2D eigenvalue weighted by molar-refractivity contribution is -0.122. The predicted octanol–water partition coefficient (Wildman–Crippen LogP) is 4.22. The molecule has 2 fully saturated rings. The van der Waals surface area contributed by atoms with Crippen LogP contribution in [0.15, 0.2) is 24.4 Å². The molecule has 3 heterocycles. The van der Waals surface area contributed by atoms with E-state index in [1.807, 2.05) is 4.57 Å². The minimum Gasteiger partial charge on any atom is -0.453 e. The lowest BCUT2D eigenvalue weighted by Gasteiger charge is -2.32. The number of carbonyl (C=O) groups excluding carboxylic acids is 2. The number of nitrogens with zero attached hydrogens (tertiary/aromatic N) is 5. The van der Waals surface area contributed by atoms with Crippen molar-refractivity contribution in [2.24, 2.45) is 11.7 Å². The average Bonchev–Trinajstić information content (AvgIpc) is 3.27. The van der Waals surface area contributed by atoms with Gasteiger partial charge in [0.2, 0.25) is 17.8 Å². The molecule has 0 radical (unpaired) electrons. The average molecular weight is 545 g/mol. The molecule has 202 valence electrons. The number of piperidine rings is 1. The number of anilines is 3. The maximum atomic E-state index is 14.6. The first-order chi connectivity index (χ1) is 18.3. The second-order valence-corrected chi connectivity index (χ2v) is 10.1. The highest BCUT2D eigenvalue weighted by atomic mass is 35.5. The van der Waals surface area contributed by atoms with Gasteiger partial charge in [-0.3, -0.25) is 9.36 Å². The molecule has 1 atom stereocenters. The zero-order valence-electron chi connectivity index (χ0n) is 21.0. The van der Waals surface area contributed by atoms with Crippen LogP contribution in [-0.4, -0.2) is 62.7 Å². The Morgan fingerprint density at radius 1 is 1.18 bits per heavy atom. The number of fused-ring (bicyclic) bond motifs is 1. The third-order valence-electron chi connectivity index (χ3n) is 7.28. The molecule has 11 nitrogen and oxygen atoms in total. The summed E-state index contributed by atoms with van der Waals surface area (Å²) in [6.07, 6.45) is 5.58. The summed E-state index contributed by atoms with van der Waals surface area (Å²) in [4.78, 5) is 39.3. The number of primary amides is 1. The molecule has 1 unspecified atom stereocenters. The maximum Gasteiger partial charge on any atom is 0.409 e. The van der Waals surface area contributed by atoms with E-state index in [4.69, 9.17) is 27.1 Å². The Kier molecular flexibility index (Phi) is 7.50. The van der Waals surface area contributed by atoms with Crippen molar-refractivity contribution in [3.63, 3.8) is 0 Å². The largest absolute Gasteiger partial charge is 0.453 e. The van der Waals surface area contributed by atoms with Gasteiger partial charge >= 0.3 is 6.09 Å². The number of nitrogens with one attached hydrogen (secondary N) is 2. The van der Waals surface area contributed by atoms with Gasteiger partial charge in [0, 0.05) is 31.1 Å². The normalized spacial score (nSPS) is 21.8. The van der Waals surface area contributed by atoms with Crippen LogP contribution in [-0.2, 0) is 9.53 Å². The quantitative estimate of drug-likeness (QED) is 0.419. The lowest BCUT2D eigenvalue weighted by Crippen LogP contribution is -2.45. The molecule has 1 aliphatic heterocycles. The fourth-order valence-corrected chi connectivity index (χ4v) is 5.52. The third kappa shape index (κ3) is 5.31. The van der Waals surface area contributed by atoms with E-state index in [0.29, 0.717) is 61.8 Å². The first-order valence-electron chi connectivity index (χ1n) is 12.7. The maximum absolute atomic E-state index is 14.6. The number of carbonyl (C=O) groups is 2. The molecular weight excluding hydrogens is 515 g/mol. The molecule has 1 aromatic carbocycles. The van der Waals surface area contributed by atoms with Crippen molar-refractivity contribution in [1.82, 2.24) is 24.4 Å². The number of aromatic nitrogens is 4.